The van der Waals surface area contributed by atoms with Gasteiger partial charge in [-0.1, -0.05) is 101 Å². The maximum absolute atomic E-state index is 14.0. The third-order valence-corrected chi connectivity index (χ3v) is 10.3. The van der Waals surface area contributed by atoms with Crippen LogP contribution in [-0.2, 0) is 44.7 Å². The molecule has 0 saturated carbocycles. The molecule has 1 aliphatic rings. The Labute approximate surface area is 329 Å². The zero-order valence-corrected chi connectivity index (χ0v) is 33.8. The van der Waals surface area contributed by atoms with Crippen molar-refractivity contribution in [2.45, 2.75) is 104 Å². The number of carboxylic acid groups (broad SMARTS) is 2. The Bertz CT molecular complexity index is 1660. The summed E-state index contributed by atoms with van der Waals surface area (Å²) in [7, 11) is 2.91. The number of hydrogen-bond donors (Lipinski definition) is 6. The van der Waals surface area contributed by atoms with Gasteiger partial charge in [-0.2, -0.15) is 0 Å². The highest BCUT2D eigenvalue weighted by Crippen LogP contribution is 2.19. The Morgan fingerprint density at radius 2 is 1.55 bits per heavy atom. The van der Waals surface area contributed by atoms with Gasteiger partial charge in [0.15, 0.2) is 0 Å². The highest BCUT2D eigenvalue weighted by atomic mass is 16.5. The summed E-state index contributed by atoms with van der Waals surface area (Å²) in [4.78, 5) is 93.3. The van der Waals surface area contributed by atoms with Crippen LogP contribution in [0.2, 0.25) is 0 Å². The van der Waals surface area contributed by atoms with Gasteiger partial charge in [0.2, 0.25) is 23.6 Å². The zero-order valence-electron chi connectivity index (χ0n) is 33.8. The van der Waals surface area contributed by atoms with Crippen molar-refractivity contribution >= 4 is 41.5 Å². The maximum Gasteiger partial charge on any atom is 0.327 e. The summed E-state index contributed by atoms with van der Waals surface area (Å²) in [5, 5.41) is 30.3. The molecule has 9 unspecified atom stereocenters. The van der Waals surface area contributed by atoms with Crippen molar-refractivity contribution < 1.29 is 48.5 Å². The smallest absolute Gasteiger partial charge is 0.327 e. The maximum atomic E-state index is 14.0. The third-order valence-electron chi connectivity index (χ3n) is 10.3. The number of likely N-dealkylation sites (N-methyl/N-ethyl adjacent to an activating group) is 1. The Kier molecular flexibility index (Phi) is 18.6. The van der Waals surface area contributed by atoms with E-state index in [0.29, 0.717) is 12.8 Å². The van der Waals surface area contributed by atoms with Crippen LogP contribution < -0.4 is 21.3 Å². The van der Waals surface area contributed by atoms with Gasteiger partial charge in [0.25, 0.3) is 5.91 Å². The van der Waals surface area contributed by atoms with Gasteiger partial charge in [0, 0.05) is 26.5 Å². The number of nitrogens with zero attached hydrogens (tertiary/aromatic N) is 1. The molecule has 0 aromatic heterocycles. The summed E-state index contributed by atoms with van der Waals surface area (Å²) in [5.74, 6) is -9.73. The molecule has 0 bridgehead atoms. The molecule has 1 saturated heterocycles. The first kappa shape index (κ1) is 46.8. The van der Waals surface area contributed by atoms with Crippen LogP contribution in [0.25, 0.3) is 0 Å². The second-order valence-corrected chi connectivity index (χ2v) is 14.4. The second-order valence-electron chi connectivity index (χ2n) is 14.4. The molecule has 6 N–H and O–H groups in total. The van der Waals surface area contributed by atoms with Gasteiger partial charge >= 0.3 is 11.9 Å². The molecule has 9 atom stereocenters. The fraction of sp³-hybridized carbons (Fsp3) is 0.537. The fourth-order valence-corrected chi connectivity index (χ4v) is 6.28. The molecule has 1 aromatic rings. The number of allylic oxidation sites excluding steroid dienone is 3. The van der Waals surface area contributed by atoms with E-state index in [9.17, 15) is 43.8 Å². The number of benzene rings is 1. The highest BCUT2D eigenvalue weighted by Gasteiger charge is 2.37. The van der Waals surface area contributed by atoms with Gasteiger partial charge in [-0.05, 0) is 38.2 Å². The molecule has 15 heteroatoms. The summed E-state index contributed by atoms with van der Waals surface area (Å²) in [5.41, 5.74) is 1.66. The van der Waals surface area contributed by atoms with E-state index in [1.54, 1.807) is 33.1 Å². The summed E-state index contributed by atoms with van der Waals surface area (Å²) in [6.45, 7) is 11.6. The molecular weight excluding hydrogens is 722 g/mol. The van der Waals surface area contributed by atoms with Gasteiger partial charge in [0.1, 0.15) is 23.8 Å². The molecule has 2 rings (SSSR count). The minimum absolute atomic E-state index is 0.0389. The van der Waals surface area contributed by atoms with Crippen molar-refractivity contribution in [2.75, 3.05) is 14.2 Å². The van der Waals surface area contributed by atoms with Crippen LogP contribution in [0.5, 0.6) is 0 Å². The zero-order chi connectivity index (χ0) is 42.3. The largest absolute Gasteiger partial charge is 0.480 e. The predicted molar refractivity (Wildman–Crippen MR) is 210 cm³/mol. The molecule has 1 fully saturated rings. The first-order valence-electron chi connectivity index (χ1n) is 18.9. The van der Waals surface area contributed by atoms with Crippen LogP contribution in [0.4, 0.5) is 0 Å². The van der Waals surface area contributed by atoms with Crippen molar-refractivity contribution in [2.24, 2.45) is 23.7 Å². The molecule has 0 radical (unpaired) electrons. The van der Waals surface area contributed by atoms with E-state index in [2.05, 4.69) is 21.3 Å². The first-order chi connectivity index (χ1) is 26.4. The molecular formula is C41H59N5O10. The number of carbonyl (C=O) groups is 7. The van der Waals surface area contributed by atoms with Crippen LogP contribution in [0.1, 0.15) is 73.3 Å². The van der Waals surface area contributed by atoms with Crippen molar-refractivity contribution in [3.05, 3.63) is 71.5 Å². The Hall–Kier alpha value is -5.31. The van der Waals surface area contributed by atoms with Gasteiger partial charge in [-0.3, -0.25) is 24.0 Å². The van der Waals surface area contributed by atoms with Gasteiger partial charge in [-0.25, -0.2) is 9.59 Å². The Balaban J connectivity index is 2.60. The summed E-state index contributed by atoms with van der Waals surface area (Å²) >= 11 is 0. The van der Waals surface area contributed by atoms with Gasteiger partial charge in [-0.15, -0.1) is 0 Å². The topological polar surface area (TPSA) is 221 Å². The van der Waals surface area contributed by atoms with Crippen LogP contribution in [-0.4, -0.2) is 101 Å². The van der Waals surface area contributed by atoms with Crippen LogP contribution in [0.15, 0.2) is 65.9 Å². The number of amides is 5. The van der Waals surface area contributed by atoms with E-state index < -0.39 is 89.8 Å². The number of carboxylic acids is 2. The number of carbonyl (C=O) groups excluding carboxylic acids is 5. The number of nitrogens with one attached hydrogen (secondary N) is 4. The van der Waals surface area contributed by atoms with Crippen LogP contribution >= 0.6 is 0 Å². The van der Waals surface area contributed by atoms with Crippen LogP contribution in [0.3, 0.4) is 0 Å². The Morgan fingerprint density at radius 3 is 2.11 bits per heavy atom. The van der Waals surface area contributed by atoms with E-state index in [0.717, 1.165) is 16.0 Å². The first-order valence-corrected chi connectivity index (χ1v) is 18.9. The lowest BCUT2D eigenvalue weighted by atomic mass is 9.93. The standard InChI is InChI=1S/C41H59N5O10/c1-10-24(4)34-39(51)42-29(18-17-23(3)21-25(5)32(56-9)22-28-15-13-12-14-16-28)26(6)36(48)43-30(40(52)53)19-20-33(47)46(8)31(11-2)38(50)45-35(41(54)55)27(7)37(49)44-34/h11-18,21,24-27,29-30,32,34-35H,10,19-20,22H2,1-9H3,(H,42,51)(H,43,48)(H,44,49)(H,45,50)(H,52,53)(H,54,55). The lowest BCUT2D eigenvalue weighted by molar-refractivity contribution is -0.146. The molecule has 0 spiro atoms. The van der Waals surface area contributed by atoms with Crippen molar-refractivity contribution in [1.29, 1.82) is 0 Å². The van der Waals surface area contributed by atoms with Crippen molar-refractivity contribution in [3.63, 3.8) is 0 Å². The van der Waals surface area contributed by atoms with E-state index in [4.69, 9.17) is 4.74 Å². The van der Waals surface area contributed by atoms with E-state index >= 15 is 0 Å². The minimum atomic E-state index is -1.75. The van der Waals surface area contributed by atoms with E-state index in [-0.39, 0.29) is 24.1 Å². The minimum Gasteiger partial charge on any atom is -0.480 e. The average Bonchev–Trinajstić information content (AvgIpc) is 3.16. The second kappa shape index (κ2) is 22.3. The number of methoxy groups -OCH3 is 1. The van der Waals surface area contributed by atoms with E-state index in [1.807, 2.05) is 50.3 Å². The number of aliphatic carboxylic acids is 2. The highest BCUT2D eigenvalue weighted by molar-refractivity contribution is 6.00. The molecule has 0 aliphatic carbocycles. The van der Waals surface area contributed by atoms with Crippen molar-refractivity contribution in [3.8, 4) is 0 Å². The summed E-state index contributed by atoms with van der Waals surface area (Å²) in [6, 6.07) is 4.45. The normalized spacial score (nSPS) is 26.5. The fourth-order valence-electron chi connectivity index (χ4n) is 6.28. The molecule has 1 aromatic carbocycles. The molecule has 1 heterocycles. The summed E-state index contributed by atoms with van der Waals surface area (Å²) < 4.78 is 5.79. The van der Waals surface area contributed by atoms with Crippen molar-refractivity contribution in [1.82, 2.24) is 26.2 Å². The van der Waals surface area contributed by atoms with Gasteiger partial charge in [0.05, 0.1) is 24.0 Å². The van der Waals surface area contributed by atoms with E-state index in [1.165, 1.54) is 33.9 Å². The molecule has 5 amide bonds. The average molecular weight is 782 g/mol. The lowest BCUT2D eigenvalue weighted by Crippen LogP contribution is -2.58. The molecule has 15 nitrogen and oxygen atoms in total. The number of hydrogen-bond acceptors (Lipinski definition) is 8. The number of ether oxygens (including phenoxy) is 1. The molecule has 308 valence electrons. The monoisotopic (exact) mass is 781 g/mol. The van der Waals surface area contributed by atoms with Crippen LogP contribution in [0, 0.1) is 23.7 Å². The Morgan fingerprint density at radius 1 is 0.929 bits per heavy atom. The molecule has 1 aliphatic heterocycles. The SMILES string of the molecule is CC=C1C(=O)NC(C(=O)O)C(C)C(=O)NC(C(C)CC)C(=O)NC(C=CC(C)=CC(C)C(Cc2ccccc2)OC)C(C)C(=O)NC(C(=O)O)CCC(=O)N1C. The summed E-state index contributed by atoms with van der Waals surface area (Å²) in [6.07, 6.45) is 6.83. The lowest BCUT2D eigenvalue weighted by Gasteiger charge is -2.30. The predicted octanol–water partition coefficient (Wildman–Crippen LogP) is 2.97. The molecule has 56 heavy (non-hydrogen) atoms. The third kappa shape index (κ3) is 13.5. The number of rotatable bonds is 11. The van der Waals surface area contributed by atoms with Gasteiger partial charge < -0.3 is 41.1 Å². The quantitative estimate of drug-likeness (QED) is 0.142.